The number of hydrogen-bond acceptors (Lipinski definition) is 7. The monoisotopic (exact) mass is 527 g/mol. The number of fused-ring (bicyclic) bond motifs is 1. The van der Waals surface area contributed by atoms with Crippen molar-refractivity contribution in [1.82, 2.24) is 30.1 Å². The third-order valence-electron chi connectivity index (χ3n) is 8.53. The average molecular weight is 528 g/mol. The Bertz CT molecular complexity index is 1150. The lowest BCUT2D eigenvalue weighted by atomic mass is 9.97. The highest BCUT2D eigenvalue weighted by molar-refractivity contribution is 6.02. The first kappa shape index (κ1) is 26.7. The third-order valence-corrected chi connectivity index (χ3v) is 8.53. The molecule has 2 N–H and O–H groups in total. The van der Waals surface area contributed by atoms with Crippen LogP contribution >= 0.6 is 0 Å². The minimum Gasteiger partial charge on any atom is -0.381 e. The highest BCUT2D eigenvalue weighted by Crippen LogP contribution is 2.40. The van der Waals surface area contributed by atoms with Gasteiger partial charge < -0.3 is 24.4 Å². The molecule has 0 bridgehead atoms. The van der Waals surface area contributed by atoms with Gasteiger partial charge in [0.05, 0.1) is 18.3 Å². The molecule has 3 amide bonds. The number of amides is 3. The second kappa shape index (κ2) is 10.7. The Kier molecular flexibility index (Phi) is 7.50. The van der Waals surface area contributed by atoms with E-state index in [1.54, 1.807) is 6.07 Å². The predicted octanol–water partition coefficient (Wildman–Crippen LogP) is 3.98. The largest absolute Gasteiger partial charge is 0.381 e. The number of rotatable bonds is 5. The smallest absolute Gasteiger partial charge is 0.321 e. The van der Waals surface area contributed by atoms with Gasteiger partial charge in [-0.2, -0.15) is 5.10 Å². The van der Waals surface area contributed by atoms with Gasteiger partial charge in [-0.1, -0.05) is 12.6 Å². The molecule has 1 aliphatic carbocycles. The van der Waals surface area contributed by atoms with E-state index in [9.17, 15) is 9.59 Å². The van der Waals surface area contributed by atoms with E-state index >= 15 is 0 Å². The van der Waals surface area contributed by atoms with Gasteiger partial charge >= 0.3 is 6.03 Å². The Morgan fingerprint density at radius 2 is 1.84 bits per heavy atom. The summed E-state index contributed by atoms with van der Waals surface area (Å²) in [5.41, 5.74) is 1.96. The zero-order valence-corrected chi connectivity index (χ0v) is 21.9. The molecule has 0 radical (unpaired) electrons. The number of carbonyl (C=O) groups excluding carboxylic acids is 2. The van der Waals surface area contributed by atoms with Crippen molar-refractivity contribution in [2.75, 3.05) is 38.2 Å². The van der Waals surface area contributed by atoms with E-state index in [0.717, 1.165) is 69.0 Å². The molecule has 3 atom stereocenters. The van der Waals surface area contributed by atoms with E-state index in [-0.39, 0.29) is 37.1 Å². The van der Waals surface area contributed by atoms with Crippen molar-refractivity contribution in [3.63, 3.8) is 0 Å². The Morgan fingerprint density at radius 3 is 2.58 bits per heavy atom. The molecule has 11 heteroatoms. The van der Waals surface area contributed by atoms with Gasteiger partial charge in [0.25, 0.3) is 5.91 Å². The van der Waals surface area contributed by atoms with Gasteiger partial charge in [-0.25, -0.2) is 4.79 Å². The first-order valence-electron chi connectivity index (χ1n) is 13.6. The SMILES string of the molecule is C.CC1c2[nH]nc(NC(=O)c3cc(C4CC4)on3)c2CN1C(=O)N1C[C@@H](C)N(CC2CCOCC2)C[C@@H]1C. The molecule has 0 aromatic carbocycles. The average Bonchev–Trinajstić information content (AvgIpc) is 3.34. The fourth-order valence-corrected chi connectivity index (χ4v) is 5.96. The molecule has 2 aromatic rings. The number of hydrogen-bond donors (Lipinski definition) is 2. The Morgan fingerprint density at radius 1 is 1.08 bits per heavy atom. The predicted molar refractivity (Wildman–Crippen MR) is 142 cm³/mol. The van der Waals surface area contributed by atoms with Crippen molar-refractivity contribution in [2.45, 2.75) is 84.5 Å². The number of piperazine rings is 1. The molecule has 1 saturated carbocycles. The number of nitrogens with zero attached hydrogens (tertiary/aromatic N) is 5. The molecule has 3 aliphatic heterocycles. The maximum atomic E-state index is 13.7. The van der Waals surface area contributed by atoms with Crippen LogP contribution in [0.25, 0.3) is 0 Å². The first-order valence-corrected chi connectivity index (χ1v) is 13.6. The molecular weight excluding hydrogens is 486 g/mol. The summed E-state index contributed by atoms with van der Waals surface area (Å²) < 4.78 is 10.8. The zero-order chi connectivity index (χ0) is 25.7. The number of aromatic amines is 1. The first-order chi connectivity index (χ1) is 17.9. The lowest BCUT2D eigenvalue weighted by molar-refractivity contribution is 0.0127. The second-order valence-corrected chi connectivity index (χ2v) is 11.3. The summed E-state index contributed by atoms with van der Waals surface area (Å²) in [4.78, 5) is 32.9. The Balaban J connectivity index is 0.00000294. The van der Waals surface area contributed by atoms with Crippen molar-refractivity contribution in [3.05, 3.63) is 28.8 Å². The molecule has 38 heavy (non-hydrogen) atoms. The fourth-order valence-electron chi connectivity index (χ4n) is 5.96. The number of ether oxygens (including phenoxy) is 1. The molecule has 0 spiro atoms. The van der Waals surface area contributed by atoms with Crippen LogP contribution in [0.1, 0.15) is 93.3 Å². The van der Waals surface area contributed by atoms with Crippen molar-refractivity contribution < 1.29 is 18.8 Å². The summed E-state index contributed by atoms with van der Waals surface area (Å²) in [6, 6.07) is 2.02. The van der Waals surface area contributed by atoms with Crippen LogP contribution in [-0.2, 0) is 11.3 Å². The van der Waals surface area contributed by atoms with Crippen LogP contribution in [0.4, 0.5) is 10.6 Å². The lowest BCUT2D eigenvalue weighted by Gasteiger charge is -2.46. The normalized spacial score (nSPS) is 26.2. The molecular formula is C27H41N7O4. The van der Waals surface area contributed by atoms with Gasteiger partial charge in [0.15, 0.2) is 11.5 Å². The summed E-state index contributed by atoms with van der Waals surface area (Å²) in [6.07, 6.45) is 4.39. The lowest BCUT2D eigenvalue weighted by Crippen LogP contribution is -2.60. The minimum atomic E-state index is -0.356. The van der Waals surface area contributed by atoms with Crippen LogP contribution in [0.2, 0.25) is 0 Å². The van der Waals surface area contributed by atoms with Crippen LogP contribution in [-0.4, -0.2) is 86.9 Å². The van der Waals surface area contributed by atoms with Gasteiger partial charge in [0, 0.05) is 62.5 Å². The van der Waals surface area contributed by atoms with Crippen molar-refractivity contribution in [3.8, 4) is 0 Å². The van der Waals surface area contributed by atoms with Gasteiger partial charge in [0.1, 0.15) is 5.76 Å². The topological polar surface area (TPSA) is 120 Å². The number of anilines is 1. The molecule has 1 unspecified atom stereocenters. The quantitative estimate of drug-likeness (QED) is 0.603. The minimum absolute atomic E-state index is 0. The van der Waals surface area contributed by atoms with Crippen LogP contribution in [0.3, 0.4) is 0 Å². The number of nitrogens with one attached hydrogen (secondary N) is 2. The van der Waals surface area contributed by atoms with Gasteiger partial charge in [-0.15, -0.1) is 0 Å². The van der Waals surface area contributed by atoms with E-state index < -0.39 is 0 Å². The van der Waals surface area contributed by atoms with Gasteiger partial charge in [0.2, 0.25) is 0 Å². The number of urea groups is 1. The van der Waals surface area contributed by atoms with E-state index in [2.05, 4.69) is 39.4 Å². The van der Waals surface area contributed by atoms with Crippen LogP contribution in [0.5, 0.6) is 0 Å². The highest BCUT2D eigenvalue weighted by atomic mass is 16.5. The zero-order valence-electron chi connectivity index (χ0n) is 21.9. The molecule has 4 aliphatic rings. The fraction of sp³-hybridized carbons (Fsp3) is 0.704. The van der Waals surface area contributed by atoms with Crippen LogP contribution in [0.15, 0.2) is 10.6 Å². The molecule has 5 heterocycles. The standard InChI is InChI=1S/C26H37N7O4.CH4/c1-15-12-32(16(2)11-31(15)13-18-6-8-36-9-7-18)26(35)33-14-20-23(17(33)3)28-29-24(20)27-25(34)21-10-22(37-30-21)19-4-5-19;/h10,15-19H,4-9,11-14H2,1-3H3,(H2,27,28,29,34);1H4/t15-,16+,17?;/m1./s1. The maximum Gasteiger partial charge on any atom is 0.321 e. The van der Waals surface area contributed by atoms with Crippen molar-refractivity contribution in [2.24, 2.45) is 5.92 Å². The molecule has 6 rings (SSSR count). The molecule has 2 saturated heterocycles. The van der Waals surface area contributed by atoms with E-state index in [0.29, 0.717) is 36.8 Å². The van der Waals surface area contributed by atoms with E-state index in [1.807, 2.05) is 16.7 Å². The Hall–Kier alpha value is -2.92. The number of aromatic nitrogens is 3. The number of H-pyrrole nitrogens is 1. The molecule has 11 nitrogen and oxygen atoms in total. The summed E-state index contributed by atoms with van der Waals surface area (Å²) in [5.74, 6) is 1.91. The van der Waals surface area contributed by atoms with Crippen LogP contribution < -0.4 is 5.32 Å². The molecule has 208 valence electrons. The third kappa shape index (κ3) is 5.05. The number of carbonyl (C=O) groups is 2. The summed E-state index contributed by atoms with van der Waals surface area (Å²) >= 11 is 0. The van der Waals surface area contributed by atoms with Crippen molar-refractivity contribution in [1.29, 1.82) is 0 Å². The molecule has 2 aromatic heterocycles. The van der Waals surface area contributed by atoms with Crippen molar-refractivity contribution >= 4 is 17.8 Å². The summed E-state index contributed by atoms with van der Waals surface area (Å²) in [5, 5.41) is 14.2. The molecule has 3 fully saturated rings. The summed E-state index contributed by atoms with van der Waals surface area (Å²) in [7, 11) is 0. The highest BCUT2D eigenvalue weighted by Gasteiger charge is 2.41. The Labute approximate surface area is 224 Å². The van der Waals surface area contributed by atoms with E-state index in [1.165, 1.54) is 0 Å². The maximum absolute atomic E-state index is 13.7. The summed E-state index contributed by atoms with van der Waals surface area (Å²) in [6.45, 7) is 11.1. The van der Waals surface area contributed by atoms with Gasteiger partial charge in [-0.05, 0) is 52.4 Å². The van der Waals surface area contributed by atoms with Crippen LogP contribution in [0, 0.1) is 5.92 Å². The van der Waals surface area contributed by atoms with Gasteiger partial charge in [-0.3, -0.25) is 14.8 Å². The van der Waals surface area contributed by atoms with E-state index in [4.69, 9.17) is 9.26 Å². The second-order valence-electron chi connectivity index (χ2n) is 11.3.